The van der Waals surface area contributed by atoms with Crippen LogP contribution in [0.1, 0.15) is 23.7 Å². The first-order valence-corrected chi connectivity index (χ1v) is 5.00. The van der Waals surface area contributed by atoms with Gasteiger partial charge in [-0.25, -0.2) is 0 Å². The van der Waals surface area contributed by atoms with Gasteiger partial charge in [0.15, 0.2) is 0 Å². The lowest BCUT2D eigenvalue weighted by Gasteiger charge is -2.17. The fraction of sp³-hybridized carbons (Fsp3) is 0.273. The molecule has 0 spiro atoms. The molecule has 0 aliphatic carbocycles. The normalized spacial score (nSPS) is 14.0. The number of hydrogen-bond donors (Lipinski definition) is 5. The van der Waals surface area contributed by atoms with Crippen molar-refractivity contribution < 1.29 is 15.0 Å². The Morgan fingerprint density at radius 2 is 2.00 bits per heavy atom. The predicted octanol–water partition coefficient (Wildman–Crippen LogP) is -0.760. The molecule has 0 bridgehead atoms. The molecule has 92 valence electrons. The second kappa shape index (κ2) is 5.42. The third kappa shape index (κ3) is 3.54. The third-order valence-corrected chi connectivity index (χ3v) is 2.31. The molecule has 17 heavy (non-hydrogen) atoms. The van der Waals surface area contributed by atoms with E-state index in [0.29, 0.717) is 11.1 Å². The van der Waals surface area contributed by atoms with Crippen LogP contribution in [0.3, 0.4) is 0 Å². The number of aliphatic hydroxyl groups is 2. The van der Waals surface area contributed by atoms with E-state index in [-0.39, 0.29) is 12.3 Å². The lowest BCUT2D eigenvalue weighted by molar-refractivity contribution is -0.121. The molecule has 0 aliphatic rings. The summed E-state index contributed by atoms with van der Waals surface area (Å²) in [5, 5.41) is 26.6. The molecule has 0 fully saturated rings. The number of amidine groups is 1. The van der Waals surface area contributed by atoms with Gasteiger partial charge in [0.05, 0.1) is 12.5 Å². The monoisotopic (exact) mass is 237 g/mol. The Morgan fingerprint density at radius 1 is 1.35 bits per heavy atom. The zero-order valence-corrected chi connectivity index (χ0v) is 9.13. The fourth-order valence-corrected chi connectivity index (χ4v) is 1.43. The minimum Gasteiger partial charge on any atom is -0.390 e. The van der Waals surface area contributed by atoms with Gasteiger partial charge in [-0.2, -0.15) is 0 Å². The van der Waals surface area contributed by atoms with E-state index in [1.165, 1.54) is 6.07 Å². The molecule has 1 aromatic carbocycles. The van der Waals surface area contributed by atoms with E-state index >= 15 is 0 Å². The number of nitrogens with two attached hydrogens (primary N) is 2. The van der Waals surface area contributed by atoms with Gasteiger partial charge in [0.25, 0.3) is 0 Å². The number of aliphatic hydroxyl groups excluding tert-OH is 2. The van der Waals surface area contributed by atoms with E-state index in [0.717, 1.165) is 0 Å². The first-order chi connectivity index (χ1) is 7.91. The number of amides is 1. The van der Waals surface area contributed by atoms with E-state index in [1.807, 2.05) is 0 Å². The predicted molar refractivity (Wildman–Crippen MR) is 62.2 cm³/mol. The standard InChI is InChI=1S/C11H15N3O3/c12-9(16)5-8(15)10(17)6-2-1-3-7(4-6)11(13)14/h1-4,8,10,15,17H,5H2,(H2,12,16)(H3,13,14). The first-order valence-electron chi connectivity index (χ1n) is 5.00. The van der Waals surface area contributed by atoms with Gasteiger partial charge in [-0.15, -0.1) is 0 Å². The average molecular weight is 237 g/mol. The summed E-state index contributed by atoms with van der Waals surface area (Å²) in [5.41, 5.74) is 11.0. The van der Waals surface area contributed by atoms with Crippen LogP contribution in [-0.4, -0.2) is 28.1 Å². The Bertz CT molecular complexity index is 434. The molecule has 0 aromatic heterocycles. The van der Waals surface area contributed by atoms with Crippen LogP contribution in [0, 0.1) is 5.41 Å². The fourth-order valence-electron chi connectivity index (χ4n) is 1.43. The summed E-state index contributed by atoms with van der Waals surface area (Å²) < 4.78 is 0. The van der Waals surface area contributed by atoms with E-state index in [2.05, 4.69) is 0 Å². The van der Waals surface area contributed by atoms with Gasteiger partial charge < -0.3 is 21.7 Å². The van der Waals surface area contributed by atoms with Crippen LogP contribution in [0.4, 0.5) is 0 Å². The second-order valence-corrected chi connectivity index (χ2v) is 3.72. The molecule has 6 heteroatoms. The van der Waals surface area contributed by atoms with Crippen LogP contribution < -0.4 is 11.5 Å². The lowest BCUT2D eigenvalue weighted by atomic mass is 10.00. The van der Waals surface area contributed by atoms with Crippen LogP contribution >= 0.6 is 0 Å². The maximum Gasteiger partial charge on any atom is 0.220 e. The summed E-state index contributed by atoms with van der Waals surface area (Å²) in [7, 11) is 0. The van der Waals surface area contributed by atoms with Crippen LogP contribution in [0.15, 0.2) is 24.3 Å². The minimum atomic E-state index is -1.27. The Labute approximate surface area is 98.4 Å². The molecule has 1 aromatic rings. The summed E-state index contributed by atoms with van der Waals surface area (Å²) >= 11 is 0. The van der Waals surface area contributed by atoms with Gasteiger partial charge in [-0.1, -0.05) is 18.2 Å². The smallest absolute Gasteiger partial charge is 0.220 e. The molecule has 7 N–H and O–H groups in total. The number of nitrogens with one attached hydrogen (secondary N) is 1. The van der Waals surface area contributed by atoms with Crippen molar-refractivity contribution in [2.45, 2.75) is 18.6 Å². The number of rotatable bonds is 5. The molecule has 1 amide bonds. The van der Waals surface area contributed by atoms with Crippen molar-refractivity contribution in [2.24, 2.45) is 11.5 Å². The van der Waals surface area contributed by atoms with E-state index in [1.54, 1.807) is 18.2 Å². The van der Waals surface area contributed by atoms with Crippen LogP contribution in [0.25, 0.3) is 0 Å². The zero-order valence-electron chi connectivity index (χ0n) is 9.13. The van der Waals surface area contributed by atoms with Crippen molar-refractivity contribution in [3.05, 3.63) is 35.4 Å². The van der Waals surface area contributed by atoms with Crippen LogP contribution in [0.5, 0.6) is 0 Å². The van der Waals surface area contributed by atoms with Crippen molar-refractivity contribution in [1.82, 2.24) is 0 Å². The van der Waals surface area contributed by atoms with Crippen molar-refractivity contribution in [3.8, 4) is 0 Å². The number of nitrogen functional groups attached to an aromatic ring is 1. The van der Waals surface area contributed by atoms with E-state index < -0.39 is 18.1 Å². The third-order valence-electron chi connectivity index (χ3n) is 2.31. The average Bonchev–Trinajstić information content (AvgIpc) is 2.27. The summed E-state index contributed by atoms with van der Waals surface area (Å²) in [6.45, 7) is 0. The molecule has 0 aliphatic heterocycles. The zero-order chi connectivity index (χ0) is 13.0. The van der Waals surface area contributed by atoms with E-state index in [9.17, 15) is 15.0 Å². The quantitative estimate of drug-likeness (QED) is 0.340. The highest BCUT2D eigenvalue weighted by molar-refractivity contribution is 5.95. The van der Waals surface area contributed by atoms with Crippen molar-refractivity contribution in [2.75, 3.05) is 0 Å². The van der Waals surface area contributed by atoms with Crippen molar-refractivity contribution >= 4 is 11.7 Å². The number of benzene rings is 1. The Morgan fingerprint density at radius 3 is 2.53 bits per heavy atom. The van der Waals surface area contributed by atoms with Gasteiger partial charge in [0, 0.05) is 5.56 Å². The molecule has 2 unspecified atom stereocenters. The largest absolute Gasteiger partial charge is 0.390 e. The molecule has 0 saturated heterocycles. The van der Waals surface area contributed by atoms with Crippen LogP contribution in [-0.2, 0) is 4.79 Å². The number of hydrogen-bond acceptors (Lipinski definition) is 4. The van der Waals surface area contributed by atoms with Crippen molar-refractivity contribution in [1.29, 1.82) is 5.41 Å². The maximum absolute atomic E-state index is 10.6. The van der Waals surface area contributed by atoms with Gasteiger partial charge >= 0.3 is 0 Å². The topological polar surface area (TPSA) is 133 Å². The summed E-state index contributed by atoms with van der Waals surface area (Å²) in [6, 6.07) is 6.27. The molecule has 0 radical (unpaired) electrons. The molecular formula is C11H15N3O3. The molecular weight excluding hydrogens is 222 g/mol. The van der Waals surface area contributed by atoms with Gasteiger partial charge in [-0.3, -0.25) is 10.2 Å². The van der Waals surface area contributed by atoms with Crippen LogP contribution in [0.2, 0.25) is 0 Å². The van der Waals surface area contributed by atoms with Crippen molar-refractivity contribution in [3.63, 3.8) is 0 Å². The summed E-state index contributed by atoms with van der Waals surface area (Å²) in [4.78, 5) is 10.6. The Hall–Kier alpha value is -1.92. The van der Waals surface area contributed by atoms with Gasteiger partial charge in [-0.05, 0) is 11.6 Å². The van der Waals surface area contributed by atoms with Gasteiger partial charge in [0.2, 0.25) is 5.91 Å². The number of carbonyl (C=O) groups excluding carboxylic acids is 1. The Kier molecular flexibility index (Phi) is 4.19. The Balaban J connectivity index is 2.88. The highest BCUT2D eigenvalue weighted by atomic mass is 16.3. The number of primary amides is 1. The van der Waals surface area contributed by atoms with E-state index in [4.69, 9.17) is 16.9 Å². The van der Waals surface area contributed by atoms with Gasteiger partial charge in [0.1, 0.15) is 11.9 Å². The molecule has 2 atom stereocenters. The second-order valence-electron chi connectivity index (χ2n) is 3.72. The highest BCUT2D eigenvalue weighted by Crippen LogP contribution is 2.19. The first kappa shape index (κ1) is 13.1. The molecule has 0 saturated carbocycles. The number of carbonyl (C=O) groups is 1. The minimum absolute atomic E-state index is 0.136. The maximum atomic E-state index is 10.6. The lowest BCUT2D eigenvalue weighted by Crippen LogP contribution is -2.26. The molecule has 0 heterocycles. The SMILES string of the molecule is N=C(N)c1cccc(C(O)C(O)CC(N)=O)c1. The molecule has 6 nitrogen and oxygen atoms in total. The summed E-state index contributed by atoms with van der Waals surface area (Å²) in [6.07, 6.45) is -2.83. The molecule has 1 rings (SSSR count). The highest BCUT2D eigenvalue weighted by Gasteiger charge is 2.20. The summed E-state index contributed by atoms with van der Waals surface area (Å²) in [5.74, 6) is -0.831.